The van der Waals surface area contributed by atoms with E-state index in [1.54, 1.807) is 18.2 Å². The van der Waals surface area contributed by atoms with Gasteiger partial charge in [-0.1, -0.05) is 0 Å². The standard InChI is InChI=1S/C9H8O4/c1-12-7-4-2-3-5-8(7)13-6-9(10)11/h2-3,5H,6H2,1H3/p+1. The van der Waals surface area contributed by atoms with E-state index in [4.69, 9.17) is 14.6 Å². The minimum atomic E-state index is -1.02. The fourth-order valence-electron chi connectivity index (χ4n) is 0.819. The number of carboxylic acid groups (broad SMARTS) is 1. The van der Waals surface area contributed by atoms with E-state index in [0.29, 0.717) is 11.5 Å². The van der Waals surface area contributed by atoms with Crippen LogP contribution in [0.3, 0.4) is 0 Å². The van der Waals surface area contributed by atoms with E-state index in [9.17, 15) is 4.79 Å². The van der Waals surface area contributed by atoms with Crippen molar-refractivity contribution < 1.29 is 19.4 Å². The number of hydrogen-bond donors (Lipinski definition) is 1. The van der Waals surface area contributed by atoms with Gasteiger partial charge in [0.1, 0.15) is 6.08 Å². The lowest BCUT2D eigenvalue weighted by atomic mass is 10.2. The zero-order valence-electron chi connectivity index (χ0n) is 7.11. The minimum absolute atomic E-state index is 0.381. The summed E-state index contributed by atoms with van der Waals surface area (Å²) in [6.07, 6.45) is 7.75. The maximum atomic E-state index is 10.2. The Balaban J connectivity index is 2.58. The molecule has 68 valence electrons. The Morgan fingerprint density at radius 2 is 2.46 bits per heavy atom. The zero-order valence-corrected chi connectivity index (χ0v) is 7.11. The first-order valence-corrected chi connectivity index (χ1v) is 3.63. The van der Waals surface area contributed by atoms with Crippen LogP contribution in [0.15, 0.2) is 29.7 Å². The first-order chi connectivity index (χ1) is 6.24. The summed E-state index contributed by atoms with van der Waals surface area (Å²) in [7, 11) is 1.47. The molecule has 0 aromatic heterocycles. The van der Waals surface area contributed by atoms with E-state index in [1.807, 2.05) is 0 Å². The lowest BCUT2D eigenvalue weighted by Gasteiger charge is -2.03. The monoisotopic (exact) mass is 181 g/mol. The molecule has 0 radical (unpaired) electrons. The van der Waals surface area contributed by atoms with Crippen LogP contribution in [0.5, 0.6) is 0 Å². The Morgan fingerprint density at radius 1 is 1.69 bits per heavy atom. The van der Waals surface area contributed by atoms with Crippen LogP contribution in [-0.2, 0) is 14.3 Å². The normalized spacial score (nSPS) is 13.9. The number of allylic oxidation sites excluding steroid dienone is 4. The topological polar surface area (TPSA) is 55.8 Å². The molecule has 13 heavy (non-hydrogen) atoms. The van der Waals surface area contributed by atoms with Crippen LogP contribution in [0.4, 0.5) is 0 Å². The second-order valence-electron chi connectivity index (χ2n) is 2.25. The van der Waals surface area contributed by atoms with Crippen LogP contribution in [0.1, 0.15) is 0 Å². The molecule has 0 aromatic rings. The molecule has 1 rings (SSSR count). The molecule has 0 amide bonds. The highest BCUT2D eigenvalue weighted by Crippen LogP contribution is 2.15. The predicted molar refractivity (Wildman–Crippen MR) is 44.6 cm³/mol. The van der Waals surface area contributed by atoms with Crippen molar-refractivity contribution in [1.82, 2.24) is 0 Å². The van der Waals surface area contributed by atoms with Crippen LogP contribution in [-0.4, -0.2) is 24.8 Å². The molecule has 1 aliphatic rings. The van der Waals surface area contributed by atoms with Crippen LogP contribution >= 0.6 is 0 Å². The molecular weight excluding hydrogens is 172 g/mol. The van der Waals surface area contributed by atoms with E-state index in [1.165, 1.54) is 7.11 Å². The Bertz CT molecular complexity index is 286. The van der Waals surface area contributed by atoms with Crippen LogP contribution in [0.2, 0.25) is 0 Å². The number of aliphatic carboxylic acids is 1. The summed E-state index contributed by atoms with van der Waals surface area (Å²) in [5, 5.41) is 8.36. The van der Waals surface area contributed by atoms with Gasteiger partial charge in [-0.2, -0.15) is 0 Å². The highest BCUT2D eigenvalue weighted by Gasteiger charge is 2.19. The van der Waals surface area contributed by atoms with Crippen molar-refractivity contribution in [3.8, 4) is 0 Å². The summed E-state index contributed by atoms with van der Waals surface area (Å²) in [5.41, 5.74) is 0. The van der Waals surface area contributed by atoms with E-state index in [2.05, 4.69) is 6.08 Å². The first kappa shape index (κ1) is 9.29. The molecule has 1 N–H and O–H groups in total. The summed E-state index contributed by atoms with van der Waals surface area (Å²) in [6, 6.07) is 0. The van der Waals surface area contributed by atoms with Crippen molar-refractivity contribution in [3.63, 3.8) is 0 Å². The summed E-state index contributed by atoms with van der Waals surface area (Å²) in [6.45, 7) is -0.381. The van der Waals surface area contributed by atoms with Crippen molar-refractivity contribution in [2.45, 2.75) is 0 Å². The third-order valence-electron chi connectivity index (χ3n) is 1.34. The van der Waals surface area contributed by atoms with Crippen molar-refractivity contribution in [1.29, 1.82) is 0 Å². The molecular formula is C9H9O4+. The van der Waals surface area contributed by atoms with Crippen molar-refractivity contribution in [3.05, 3.63) is 35.8 Å². The molecule has 0 heterocycles. The summed E-state index contributed by atoms with van der Waals surface area (Å²) >= 11 is 0. The second kappa shape index (κ2) is 4.28. The molecule has 0 atom stereocenters. The number of carboxylic acids is 1. The number of carbonyl (C=O) groups is 1. The fraction of sp³-hybridized carbons (Fsp3) is 0.222. The Labute approximate surface area is 75.8 Å². The third-order valence-corrected chi connectivity index (χ3v) is 1.34. The smallest absolute Gasteiger partial charge is 0.343 e. The van der Waals surface area contributed by atoms with Crippen LogP contribution in [0, 0.1) is 6.08 Å². The van der Waals surface area contributed by atoms with Gasteiger partial charge in [0.2, 0.25) is 6.61 Å². The molecule has 0 aliphatic heterocycles. The van der Waals surface area contributed by atoms with Gasteiger partial charge in [0, 0.05) is 0 Å². The minimum Gasteiger partial charge on any atom is -0.479 e. The van der Waals surface area contributed by atoms with Gasteiger partial charge in [0.15, 0.2) is 0 Å². The molecule has 4 heteroatoms. The number of hydrogen-bond acceptors (Lipinski definition) is 3. The van der Waals surface area contributed by atoms with Crippen molar-refractivity contribution >= 4 is 5.97 Å². The average Bonchev–Trinajstić information content (AvgIpc) is 2.15. The Kier molecular flexibility index (Phi) is 3.06. The van der Waals surface area contributed by atoms with Gasteiger partial charge in [0.25, 0.3) is 5.76 Å². The summed E-state index contributed by atoms with van der Waals surface area (Å²) < 4.78 is 9.84. The zero-order chi connectivity index (χ0) is 9.68. The van der Waals surface area contributed by atoms with Crippen molar-refractivity contribution in [2.24, 2.45) is 0 Å². The van der Waals surface area contributed by atoms with Crippen molar-refractivity contribution in [2.75, 3.05) is 13.7 Å². The van der Waals surface area contributed by atoms with Gasteiger partial charge in [-0.3, -0.25) is 0 Å². The van der Waals surface area contributed by atoms with E-state index < -0.39 is 5.97 Å². The van der Waals surface area contributed by atoms with Gasteiger partial charge in [0.05, 0.1) is 25.3 Å². The maximum absolute atomic E-state index is 10.2. The van der Waals surface area contributed by atoms with Gasteiger partial charge in [-0.05, 0) is 0 Å². The van der Waals surface area contributed by atoms with Gasteiger partial charge in [-0.25, -0.2) is 4.79 Å². The number of methoxy groups -OCH3 is 1. The van der Waals surface area contributed by atoms with E-state index in [0.717, 1.165) is 0 Å². The molecule has 4 nitrogen and oxygen atoms in total. The number of ether oxygens (including phenoxy) is 2. The molecule has 0 bridgehead atoms. The molecule has 0 fully saturated rings. The Morgan fingerprint density at radius 3 is 3.08 bits per heavy atom. The highest BCUT2D eigenvalue weighted by molar-refractivity contribution is 5.68. The highest BCUT2D eigenvalue weighted by atomic mass is 16.5. The summed E-state index contributed by atoms with van der Waals surface area (Å²) in [4.78, 5) is 10.2. The third kappa shape index (κ3) is 2.61. The van der Waals surface area contributed by atoms with E-state index in [-0.39, 0.29) is 6.61 Å². The molecule has 0 saturated carbocycles. The van der Waals surface area contributed by atoms with Crippen LogP contribution < -0.4 is 0 Å². The Hall–Kier alpha value is -1.80. The van der Waals surface area contributed by atoms with E-state index >= 15 is 0 Å². The SMILES string of the molecule is COC1=[C+]C=CC=C1OCC(=O)O. The van der Waals surface area contributed by atoms with Gasteiger partial charge < -0.3 is 14.6 Å². The lowest BCUT2D eigenvalue weighted by Crippen LogP contribution is -2.09. The largest absolute Gasteiger partial charge is 0.479 e. The molecule has 1 aliphatic carbocycles. The quantitative estimate of drug-likeness (QED) is 0.654. The molecule has 0 spiro atoms. The average molecular weight is 181 g/mol. The molecule has 0 saturated heterocycles. The molecule has 0 unspecified atom stereocenters. The summed E-state index contributed by atoms with van der Waals surface area (Å²) in [5.74, 6) is -0.234. The molecule has 0 aromatic carbocycles. The van der Waals surface area contributed by atoms with Gasteiger partial charge >= 0.3 is 11.7 Å². The second-order valence-corrected chi connectivity index (χ2v) is 2.25. The predicted octanol–water partition coefficient (Wildman–Crippen LogP) is 0.875. The fourth-order valence-corrected chi connectivity index (χ4v) is 0.819. The lowest BCUT2D eigenvalue weighted by molar-refractivity contribution is -0.140. The van der Waals surface area contributed by atoms with Gasteiger partial charge in [-0.15, -0.1) is 0 Å². The van der Waals surface area contributed by atoms with Crippen LogP contribution in [0.25, 0.3) is 0 Å². The number of rotatable bonds is 4. The maximum Gasteiger partial charge on any atom is 0.343 e. The first-order valence-electron chi connectivity index (χ1n) is 3.63.